The number of piperidine rings is 1. The number of urea groups is 1. The number of carbonyl (C=O) groups is 2. The van der Waals surface area contributed by atoms with Crippen LogP contribution in [-0.2, 0) is 14.9 Å². The predicted molar refractivity (Wildman–Crippen MR) is 107 cm³/mol. The van der Waals surface area contributed by atoms with Crippen molar-refractivity contribution in [3.63, 3.8) is 0 Å². The molecule has 152 valence electrons. The highest BCUT2D eigenvalue weighted by molar-refractivity contribution is 5.80. The Morgan fingerprint density at radius 1 is 1.00 bits per heavy atom. The number of ether oxygens (including phenoxy) is 1. The molecule has 1 aliphatic carbocycles. The number of rotatable bonds is 4. The van der Waals surface area contributed by atoms with Crippen molar-refractivity contribution in [1.82, 2.24) is 15.1 Å². The van der Waals surface area contributed by atoms with Gasteiger partial charge in [-0.3, -0.25) is 4.79 Å². The average molecular weight is 386 g/mol. The van der Waals surface area contributed by atoms with Crippen LogP contribution >= 0.6 is 0 Å². The maximum Gasteiger partial charge on any atom is 0.317 e. The summed E-state index contributed by atoms with van der Waals surface area (Å²) in [6, 6.07) is 10.6. The number of likely N-dealkylation sites (tertiary alicyclic amines) is 1. The van der Waals surface area contributed by atoms with Crippen molar-refractivity contribution in [2.24, 2.45) is 5.92 Å². The molecule has 0 spiro atoms. The number of hydrogen-bond donors (Lipinski definition) is 1. The van der Waals surface area contributed by atoms with E-state index in [9.17, 15) is 9.59 Å². The summed E-state index contributed by atoms with van der Waals surface area (Å²) in [5.74, 6) is 0.283. The zero-order chi connectivity index (χ0) is 19.4. The van der Waals surface area contributed by atoms with Crippen LogP contribution in [0.3, 0.4) is 0 Å². The molecule has 3 aliphatic rings. The summed E-state index contributed by atoms with van der Waals surface area (Å²) in [4.78, 5) is 29.1. The van der Waals surface area contributed by atoms with Crippen molar-refractivity contribution < 1.29 is 14.3 Å². The maximum atomic E-state index is 12.7. The molecular weight excluding hydrogens is 354 g/mol. The second-order valence-corrected chi connectivity index (χ2v) is 8.36. The van der Waals surface area contributed by atoms with Gasteiger partial charge < -0.3 is 19.9 Å². The standard InChI is InChI=1S/C22H31N3O3/c26-20(24-13-15-28-16-14-24)18-7-11-25(12-8-18)21(27)23-17-22(9-4-10-22)19-5-2-1-3-6-19/h1-3,5-6,18H,4,7-17H2,(H,23,27). The molecule has 6 heteroatoms. The Morgan fingerprint density at radius 3 is 2.29 bits per heavy atom. The number of nitrogens with zero attached hydrogens (tertiary/aromatic N) is 2. The first kappa shape index (κ1) is 19.2. The first-order chi connectivity index (χ1) is 13.7. The first-order valence-electron chi connectivity index (χ1n) is 10.6. The molecule has 1 N–H and O–H groups in total. The third-order valence-corrected chi connectivity index (χ3v) is 6.73. The minimum Gasteiger partial charge on any atom is -0.378 e. The molecule has 0 unspecified atom stereocenters. The molecule has 1 aromatic rings. The van der Waals surface area contributed by atoms with Crippen molar-refractivity contribution in [3.8, 4) is 0 Å². The lowest BCUT2D eigenvalue weighted by molar-refractivity contribution is -0.141. The zero-order valence-corrected chi connectivity index (χ0v) is 16.6. The van der Waals surface area contributed by atoms with Crippen molar-refractivity contribution in [2.45, 2.75) is 37.5 Å². The van der Waals surface area contributed by atoms with Crippen LogP contribution in [0.25, 0.3) is 0 Å². The summed E-state index contributed by atoms with van der Waals surface area (Å²) in [5, 5.41) is 3.18. The van der Waals surface area contributed by atoms with E-state index < -0.39 is 0 Å². The van der Waals surface area contributed by atoms with Crippen LogP contribution in [0, 0.1) is 5.92 Å². The molecule has 3 amide bonds. The minimum atomic E-state index is 0.0134. The molecule has 0 radical (unpaired) electrons. The smallest absolute Gasteiger partial charge is 0.317 e. The number of carbonyl (C=O) groups excluding carboxylic acids is 2. The van der Waals surface area contributed by atoms with E-state index in [1.807, 2.05) is 15.9 Å². The fraction of sp³-hybridized carbons (Fsp3) is 0.636. The lowest BCUT2D eigenvalue weighted by Crippen LogP contribution is -2.52. The fourth-order valence-electron chi connectivity index (χ4n) is 4.69. The van der Waals surface area contributed by atoms with Crippen LogP contribution in [0.2, 0.25) is 0 Å². The Balaban J connectivity index is 1.26. The highest BCUT2D eigenvalue weighted by Gasteiger charge is 2.39. The molecule has 2 heterocycles. The van der Waals surface area contributed by atoms with Crippen LogP contribution in [0.4, 0.5) is 4.79 Å². The molecule has 4 rings (SSSR count). The van der Waals surface area contributed by atoms with E-state index in [0.29, 0.717) is 45.9 Å². The lowest BCUT2D eigenvalue weighted by atomic mass is 9.64. The lowest BCUT2D eigenvalue weighted by Gasteiger charge is -2.43. The molecule has 2 saturated heterocycles. The number of nitrogens with one attached hydrogen (secondary N) is 1. The monoisotopic (exact) mass is 385 g/mol. The highest BCUT2D eigenvalue weighted by atomic mass is 16.5. The molecule has 0 atom stereocenters. The normalized spacial score (nSPS) is 22.4. The largest absolute Gasteiger partial charge is 0.378 e. The summed E-state index contributed by atoms with van der Waals surface area (Å²) in [7, 11) is 0. The van der Waals surface area contributed by atoms with Crippen molar-refractivity contribution in [1.29, 1.82) is 0 Å². The topological polar surface area (TPSA) is 61.9 Å². The summed E-state index contributed by atoms with van der Waals surface area (Å²) < 4.78 is 5.33. The predicted octanol–water partition coefficient (Wildman–Crippen LogP) is 2.39. The number of morpholine rings is 1. The summed E-state index contributed by atoms with van der Waals surface area (Å²) in [5.41, 5.74) is 1.43. The molecule has 0 bridgehead atoms. The van der Waals surface area contributed by atoms with Gasteiger partial charge in [0.15, 0.2) is 0 Å². The average Bonchev–Trinajstić information content (AvgIpc) is 2.74. The van der Waals surface area contributed by atoms with Crippen molar-refractivity contribution >= 4 is 11.9 Å². The van der Waals surface area contributed by atoms with Gasteiger partial charge in [0.2, 0.25) is 5.91 Å². The third kappa shape index (κ3) is 4.02. The molecular formula is C22H31N3O3. The Hall–Kier alpha value is -2.08. The number of amides is 3. The van der Waals surface area contributed by atoms with E-state index >= 15 is 0 Å². The van der Waals surface area contributed by atoms with Crippen LogP contribution in [0.5, 0.6) is 0 Å². The van der Waals surface area contributed by atoms with E-state index in [-0.39, 0.29) is 23.3 Å². The Bertz CT molecular complexity index is 676. The van der Waals surface area contributed by atoms with Gasteiger partial charge >= 0.3 is 6.03 Å². The number of benzene rings is 1. The van der Waals surface area contributed by atoms with Crippen LogP contribution in [0.15, 0.2) is 30.3 Å². The van der Waals surface area contributed by atoms with E-state index in [2.05, 4.69) is 29.6 Å². The fourth-order valence-corrected chi connectivity index (χ4v) is 4.69. The van der Waals surface area contributed by atoms with Gasteiger partial charge in [0, 0.05) is 44.1 Å². The maximum absolute atomic E-state index is 12.7. The zero-order valence-electron chi connectivity index (χ0n) is 16.6. The molecule has 0 aromatic heterocycles. The van der Waals surface area contributed by atoms with Crippen LogP contribution in [-0.4, -0.2) is 67.7 Å². The minimum absolute atomic E-state index is 0.0134. The second-order valence-electron chi connectivity index (χ2n) is 8.36. The molecule has 2 aliphatic heterocycles. The van der Waals surface area contributed by atoms with E-state index in [4.69, 9.17) is 4.74 Å². The molecule has 28 heavy (non-hydrogen) atoms. The number of hydrogen-bond acceptors (Lipinski definition) is 3. The Morgan fingerprint density at radius 2 is 1.68 bits per heavy atom. The SMILES string of the molecule is O=C(NCC1(c2ccccc2)CCC1)N1CCC(C(=O)N2CCOCC2)CC1. The summed E-state index contributed by atoms with van der Waals surface area (Å²) in [6.07, 6.45) is 5.00. The highest BCUT2D eigenvalue weighted by Crippen LogP contribution is 2.43. The Labute approximate surface area is 167 Å². The summed E-state index contributed by atoms with van der Waals surface area (Å²) >= 11 is 0. The van der Waals surface area contributed by atoms with Gasteiger partial charge in [-0.25, -0.2) is 4.79 Å². The summed E-state index contributed by atoms with van der Waals surface area (Å²) in [6.45, 7) is 4.67. The first-order valence-corrected chi connectivity index (χ1v) is 10.6. The van der Waals surface area contributed by atoms with Gasteiger partial charge in [-0.15, -0.1) is 0 Å². The Kier molecular flexibility index (Phi) is 5.85. The van der Waals surface area contributed by atoms with E-state index in [1.165, 1.54) is 12.0 Å². The molecule has 6 nitrogen and oxygen atoms in total. The van der Waals surface area contributed by atoms with Crippen molar-refractivity contribution in [2.75, 3.05) is 45.9 Å². The van der Waals surface area contributed by atoms with Gasteiger partial charge in [0.25, 0.3) is 0 Å². The van der Waals surface area contributed by atoms with Crippen LogP contribution < -0.4 is 5.32 Å². The van der Waals surface area contributed by atoms with Gasteiger partial charge in [-0.05, 0) is 31.2 Å². The van der Waals surface area contributed by atoms with Gasteiger partial charge in [0.05, 0.1) is 13.2 Å². The van der Waals surface area contributed by atoms with E-state index in [1.54, 1.807) is 0 Å². The molecule has 1 aromatic carbocycles. The molecule has 1 saturated carbocycles. The van der Waals surface area contributed by atoms with Crippen LogP contribution in [0.1, 0.15) is 37.7 Å². The van der Waals surface area contributed by atoms with Gasteiger partial charge in [-0.1, -0.05) is 36.8 Å². The van der Waals surface area contributed by atoms with E-state index in [0.717, 1.165) is 25.7 Å². The van der Waals surface area contributed by atoms with Gasteiger partial charge in [-0.2, -0.15) is 0 Å². The quantitative estimate of drug-likeness (QED) is 0.866. The van der Waals surface area contributed by atoms with Crippen molar-refractivity contribution in [3.05, 3.63) is 35.9 Å². The molecule has 3 fully saturated rings. The second kappa shape index (κ2) is 8.52. The van der Waals surface area contributed by atoms with Gasteiger partial charge in [0.1, 0.15) is 0 Å². The third-order valence-electron chi connectivity index (χ3n) is 6.73.